The third kappa shape index (κ3) is 2.72. The van der Waals surface area contributed by atoms with E-state index in [4.69, 9.17) is 4.74 Å². The van der Waals surface area contributed by atoms with Crippen molar-refractivity contribution in [2.75, 3.05) is 31.1 Å². The lowest BCUT2D eigenvalue weighted by atomic mass is 9.76. The van der Waals surface area contributed by atoms with Gasteiger partial charge in [0.25, 0.3) is 0 Å². The number of carbonyl (C=O) groups excluding carboxylic acids is 2. The van der Waals surface area contributed by atoms with Gasteiger partial charge in [-0.2, -0.15) is 11.8 Å². The number of hydrogen-bond donors (Lipinski definition) is 0. The normalized spacial score (nSPS) is 33.6. The smallest absolute Gasteiger partial charge is 0.230 e. The molecule has 3 saturated heterocycles. The zero-order valence-electron chi connectivity index (χ0n) is 16.4. The Kier molecular flexibility index (Phi) is 4.32. The highest BCUT2D eigenvalue weighted by molar-refractivity contribution is 7.99. The van der Waals surface area contributed by atoms with Gasteiger partial charge in [0.2, 0.25) is 11.8 Å². The number of fused-ring (bicyclic) bond motifs is 1. The molecule has 5 nitrogen and oxygen atoms in total. The van der Waals surface area contributed by atoms with Crippen LogP contribution in [0.25, 0.3) is 0 Å². The summed E-state index contributed by atoms with van der Waals surface area (Å²) >= 11 is 1.88. The van der Waals surface area contributed by atoms with Gasteiger partial charge in [-0.3, -0.25) is 9.59 Å². The fraction of sp³-hybridized carbons (Fsp3) is 0.545. The Labute approximate surface area is 170 Å². The highest BCUT2D eigenvalue weighted by Crippen LogP contribution is 2.52. The van der Waals surface area contributed by atoms with Crippen LogP contribution < -0.4 is 0 Å². The first-order valence-electron chi connectivity index (χ1n) is 10.1. The number of rotatable bonds is 3. The number of aryl methyl sites for hydroxylation is 2. The molecule has 2 unspecified atom stereocenters. The minimum absolute atomic E-state index is 0.0671. The molecular weight excluding hydrogens is 372 g/mol. The number of carbonyl (C=O) groups is 2. The van der Waals surface area contributed by atoms with Gasteiger partial charge in [-0.1, -0.05) is 35.9 Å². The largest absolute Gasteiger partial charge is 0.360 e. The Bertz CT molecular complexity index is 863. The lowest BCUT2D eigenvalue weighted by molar-refractivity contribution is -0.143. The molecule has 4 atom stereocenters. The van der Waals surface area contributed by atoms with Crippen LogP contribution in [0.15, 0.2) is 30.4 Å². The minimum Gasteiger partial charge on any atom is -0.360 e. The van der Waals surface area contributed by atoms with Gasteiger partial charge in [0, 0.05) is 31.1 Å². The molecule has 4 aliphatic rings. The van der Waals surface area contributed by atoms with Crippen LogP contribution >= 0.6 is 11.8 Å². The van der Waals surface area contributed by atoms with Crippen LogP contribution in [0.2, 0.25) is 0 Å². The molecule has 0 saturated carbocycles. The number of likely N-dealkylation sites (tertiary alicyclic amines) is 1. The van der Waals surface area contributed by atoms with Crippen molar-refractivity contribution in [3.63, 3.8) is 0 Å². The molecule has 0 aromatic heterocycles. The molecule has 28 heavy (non-hydrogen) atoms. The Hall–Kier alpha value is -1.79. The number of ether oxygens (including phenoxy) is 1. The first-order chi connectivity index (χ1) is 13.5. The summed E-state index contributed by atoms with van der Waals surface area (Å²) in [5, 5.41) is 0. The van der Waals surface area contributed by atoms with Crippen LogP contribution in [0.5, 0.6) is 0 Å². The highest BCUT2D eigenvalue weighted by atomic mass is 32.2. The fourth-order valence-electron chi connectivity index (χ4n) is 5.16. The van der Waals surface area contributed by atoms with E-state index in [1.807, 2.05) is 33.7 Å². The number of thioether (sulfide) groups is 1. The Morgan fingerprint density at radius 3 is 2.86 bits per heavy atom. The van der Waals surface area contributed by atoms with Gasteiger partial charge in [0.1, 0.15) is 5.60 Å². The van der Waals surface area contributed by atoms with E-state index >= 15 is 0 Å². The van der Waals surface area contributed by atoms with Crippen molar-refractivity contribution in [2.24, 2.45) is 11.8 Å². The molecule has 0 radical (unpaired) electrons. The molecule has 1 spiro atoms. The molecule has 2 amide bonds. The van der Waals surface area contributed by atoms with E-state index in [9.17, 15) is 9.59 Å². The van der Waals surface area contributed by atoms with Crippen molar-refractivity contribution in [1.82, 2.24) is 9.80 Å². The second-order valence-electron chi connectivity index (χ2n) is 8.46. The summed E-state index contributed by atoms with van der Waals surface area (Å²) in [5.41, 5.74) is 2.93. The standard InChI is InChI=1S/C22H26N2O3S/c1-14-3-4-15(2)16(11-14)12-24-13-22-6-5-17(27-22)18(19(22)21(24)26)20(25)23-7-9-28-10-8-23/h3-6,11,17-19H,7-10,12-13H2,1-2H3/t17-,18?,19?,22-/m0/s1. The van der Waals surface area contributed by atoms with E-state index in [0.29, 0.717) is 13.1 Å². The molecule has 2 bridgehead atoms. The average molecular weight is 399 g/mol. The number of hydrogen-bond acceptors (Lipinski definition) is 4. The summed E-state index contributed by atoms with van der Waals surface area (Å²) < 4.78 is 6.27. The monoisotopic (exact) mass is 398 g/mol. The first kappa shape index (κ1) is 18.3. The van der Waals surface area contributed by atoms with E-state index in [2.05, 4.69) is 32.0 Å². The SMILES string of the molecule is Cc1ccc(C)c(CN2C[C@]34C=C[C@H](O3)C(C(=O)N3CCSCC3)C4C2=O)c1. The van der Waals surface area contributed by atoms with Crippen LogP contribution in [0, 0.1) is 25.7 Å². The summed E-state index contributed by atoms with van der Waals surface area (Å²) in [4.78, 5) is 30.5. The van der Waals surface area contributed by atoms with Gasteiger partial charge in [0.15, 0.2) is 0 Å². The third-order valence-electron chi connectivity index (χ3n) is 6.65. The van der Waals surface area contributed by atoms with Crippen LogP contribution in [0.1, 0.15) is 16.7 Å². The molecule has 148 valence electrons. The first-order valence-corrected chi connectivity index (χ1v) is 11.2. The topological polar surface area (TPSA) is 49.9 Å². The molecular formula is C22H26N2O3S. The third-order valence-corrected chi connectivity index (χ3v) is 7.59. The van der Waals surface area contributed by atoms with E-state index in [1.54, 1.807) is 0 Å². The van der Waals surface area contributed by atoms with Crippen molar-refractivity contribution >= 4 is 23.6 Å². The Morgan fingerprint density at radius 1 is 1.29 bits per heavy atom. The maximum Gasteiger partial charge on any atom is 0.230 e. The maximum absolute atomic E-state index is 13.4. The van der Waals surface area contributed by atoms with Crippen LogP contribution in [-0.2, 0) is 20.9 Å². The van der Waals surface area contributed by atoms with Gasteiger partial charge in [0.05, 0.1) is 24.5 Å². The van der Waals surface area contributed by atoms with Crippen LogP contribution in [-0.4, -0.2) is 64.5 Å². The quantitative estimate of drug-likeness (QED) is 0.733. The summed E-state index contributed by atoms with van der Waals surface area (Å²) in [6.07, 6.45) is 3.80. The molecule has 3 fully saturated rings. The lowest BCUT2D eigenvalue weighted by Gasteiger charge is -2.32. The van der Waals surface area contributed by atoms with Crippen molar-refractivity contribution < 1.29 is 14.3 Å². The van der Waals surface area contributed by atoms with Crippen molar-refractivity contribution in [1.29, 1.82) is 0 Å². The predicted molar refractivity (Wildman–Crippen MR) is 109 cm³/mol. The van der Waals surface area contributed by atoms with Gasteiger partial charge >= 0.3 is 0 Å². The summed E-state index contributed by atoms with van der Waals surface area (Å²) in [6.45, 7) is 6.82. The average Bonchev–Trinajstić information content (AvgIpc) is 3.33. The molecule has 5 rings (SSSR count). The van der Waals surface area contributed by atoms with Crippen molar-refractivity contribution in [3.8, 4) is 0 Å². The highest BCUT2D eigenvalue weighted by Gasteiger charge is 2.67. The molecule has 0 aliphatic carbocycles. The van der Waals surface area contributed by atoms with E-state index in [1.165, 1.54) is 16.7 Å². The van der Waals surface area contributed by atoms with Gasteiger partial charge in [-0.15, -0.1) is 0 Å². The second-order valence-corrected chi connectivity index (χ2v) is 9.69. The second kappa shape index (κ2) is 6.63. The van der Waals surface area contributed by atoms with E-state index in [-0.39, 0.29) is 29.8 Å². The van der Waals surface area contributed by atoms with Crippen LogP contribution in [0.4, 0.5) is 0 Å². The number of nitrogens with zero attached hydrogens (tertiary/aromatic N) is 2. The molecule has 1 aromatic carbocycles. The van der Waals surface area contributed by atoms with E-state index < -0.39 is 5.60 Å². The Balaban J connectivity index is 1.40. The number of amides is 2. The summed E-state index contributed by atoms with van der Waals surface area (Å²) in [6, 6.07) is 6.35. The zero-order chi connectivity index (χ0) is 19.5. The zero-order valence-corrected chi connectivity index (χ0v) is 17.2. The lowest BCUT2D eigenvalue weighted by Crippen LogP contribution is -2.48. The predicted octanol–water partition coefficient (Wildman–Crippen LogP) is 2.16. The van der Waals surface area contributed by atoms with Gasteiger partial charge < -0.3 is 14.5 Å². The Morgan fingerprint density at radius 2 is 2.07 bits per heavy atom. The minimum atomic E-state index is -0.621. The molecule has 4 aliphatic heterocycles. The van der Waals surface area contributed by atoms with Crippen LogP contribution in [0.3, 0.4) is 0 Å². The van der Waals surface area contributed by atoms with Gasteiger partial charge in [-0.25, -0.2) is 0 Å². The molecule has 4 heterocycles. The fourth-order valence-corrected chi connectivity index (χ4v) is 6.07. The molecule has 1 aromatic rings. The van der Waals surface area contributed by atoms with E-state index in [0.717, 1.165) is 24.6 Å². The molecule has 0 N–H and O–H groups in total. The van der Waals surface area contributed by atoms with Crippen molar-refractivity contribution in [2.45, 2.75) is 32.1 Å². The summed E-state index contributed by atoms with van der Waals surface area (Å²) in [7, 11) is 0. The maximum atomic E-state index is 13.4. The van der Waals surface area contributed by atoms with Gasteiger partial charge in [-0.05, 0) is 25.0 Å². The number of benzene rings is 1. The summed E-state index contributed by atoms with van der Waals surface area (Å²) in [5.74, 6) is 1.37. The van der Waals surface area contributed by atoms with Crippen molar-refractivity contribution in [3.05, 3.63) is 47.0 Å². The molecule has 6 heteroatoms.